The Kier molecular flexibility index (Phi) is 8.12. The lowest BCUT2D eigenvalue weighted by Crippen LogP contribution is -2.01. The standard InChI is InChI=1S/C51H33N3O/c1-5-15-34(16-6-1)36-27-29-39(30-28-36)49-52-50(41-24-13-23-40(33-41)35-17-7-2-8-18-35)54-51(53-49)45-32-31-43(38-21-11-4-12-22-38)48-46(45)44-26-14-25-42(47(44)55-48)37-19-9-3-10-20-37/h1-33H. The van der Waals surface area contributed by atoms with Crippen LogP contribution in [-0.2, 0) is 0 Å². The molecule has 0 spiro atoms. The van der Waals surface area contributed by atoms with Crippen LogP contribution in [0.25, 0.3) is 101 Å². The normalized spacial score (nSPS) is 11.3. The van der Waals surface area contributed by atoms with Crippen LogP contribution in [0.3, 0.4) is 0 Å². The number of para-hydroxylation sites is 1. The van der Waals surface area contributed by atoms with Crippen molar-refractivity contribution >= 4 is 21.9 Å². The number of aromatic nitrogens is 3. The minimum atomic E-state index is 0.578. The molecule has 258 valence electrons. The van der Waals surface area contributed by atoms with Crippen LogP contribution in [0.1, 0.15) is 0 Å². The van der Waals surface area contributed by atoms with Crippen molar-refractivity contribution < 1.29 is 4.42 Å². The van der Waals surface area contributed by atoms with E-state index in [1.807, 2.05) is 24.3 Å². The molecule has 0 unspecified atom stereocenters. The number of hydrogen-bond donors (Lipinski definition) is 0. The quantitative estimate of drug-likeness (QED) is 0.166. The van der Waals surface area contributed by atoms with Crippen molar-refractivity contribution in [3.05, 3.63) is 200 Å². The van der Waals surface area contributed by atoms with Gasteiger partial charge in [-0.25, -0.2) is 15.0 Å². The van der Waals surface area contributed by atoms with Gasteiger partial charge in [0, 0.05) is 38.6 Å². The molecule has 0 aliphatic carbocycles. The third kappa shape index (κ3) is 6.06. The third-order valence-electron chi connectivity index (χ3n) is 10.2. The van der Waals surface area contributed by atoms with Crippen LogP contribution >= 0.6 is 0 Å². The average molecular weight is 704 g/mol. The molecule has 2 heterocycles. The Bertz CT molecular complexity index is 2940. The molecule has 0 radical (unpaired) electrons. The van der Waals surface area contributed by atoms with Crippen LogP contribution in [0.4, 0.5) is 0 Å². The van der Waals surface area contributed by atoms with Gasteiger partial charge >= 0.3 is 0 Å². The lowest BCUT2D eigenvalue weighted by Gasteiger charge is -2.12. The molecule has 4 heteroatoms. The second kappa shape index (κ2) is 13.8. The van der Waals surface area contributed by atoms with Gasteiger partial charge in [-0.3, -0.25) is 0 Å². The van der Waals surface area contributed by atoms with Crippen LogP contribution in [0.15, 0.2) is 205 Å². The van der Waals surface area contributed by atoms with Crippen molar-refractivity contribution in [2.24, 2.45) is 0 Å². The topological polar surface area (TPSA) is 51.8 Å². The second-order valence-electron chi connectivity index (χ2n) is 13.6. The Hall–Kier alpha value is -7.43. The number of nitrogens with zero attached hydrogens (tertiary/aromatic N) is 3. The van der Waals surface area contributed by atoms with Crippen molar-refractivity contribution in [3.63, 3.8) is 0 Å². The lowest BCUT2D eigenvalue weighted by molar-refractivity contribution is 0.671. The zero-order chi connectivity index (χ0) is 36.6. The molecule has 10 rings (SSSR count). The summed E-state index contributed by atoms with van der Waals surface area (Å²) in [6, 6.07) is 69.1. The van der Waals surface area contributed by atoms with E-state index in [0.29, 0.717) is 17.5 Å². The van der Waals surface area contributed by atoms with Crippen LogP contribution in [-0.4, -0.2) is 15.0 Å². The first-order valence-corrected chi connectivity index (χ1v) is 18.4. The van der Waals surface area contributed by atoms with Gasteiger partial charge in [-0.15, -0.1) is 0 Å². The van der Waals surface area contributed by atoms with Gasteiger partial charge in [0.25, 0.3) is 0 Å². The highest BCUT2D eigenvalue weighted by Crippen LogP contribution is 2.44. The fourth-order valence-corrected chi connectivity index (χ4v) is 7.44. The first kappa shape index (κ1) is 32.2. The van der Waals surface area contributed by atoms with E-state index in [1.165, 1.54) is 0 Å². The fraction of sp³-hybridized carbons (Fsp3) is 0. The Balaban J connectivity index is 1.21. The largest absolute Gasteiger partial charge is 0.455 e. The highest BCUT2D eigenvalue weighted by atomic mass is 16.3. The zero-order valence-electron chi connectivity index (χ0n) is 29.8. The summed E-state index contributed by atoms with van der Waals surface area (Å²) in [5.41, 5.74) is 13.1. The van der Waals surface area contributed by atoms with Gasteiger partial charge in [0.15, 0.2) is 17.5 Å². The molecule has 0 saturated heterocycles. The fourth-order valence-electron chi connectivity index (χ4n) is 7.44. The van der Waals surface area contributed by atoms with E-state index in [9.17, 15) is 0 Å². The molecule has 4 nitrogen and oxygen atoms in total. The smallest absolute Gasteiger partial charge is 0.164 e. The summed E-state index contributed by atoms with van der Waals surface area (Å²) in [5.74, 6) is 1.78. The summed E-state index contributed by atoms with van der Waals surface area (Å²) < 4.78 is 6.96. The average Bonchev–Trinajstić information content (AvgIpc) is 3.67. The van der Waals surface area contributed by atoms with Crippen molar-refractivity contribution in [1.82, 2.24) is 15.0 Å². The molecular weight excluding hydrogens is 671 g/mol. The van der Waals surface area contributed by atoms with Crippen molar-refractivity contribution in [2.45, 2.75) is 0 Å². The van der Waals surface area contributed by atoms with E-state index in [-0.39, 0.29) is 0 Å². The summed E-state index contributed by atoms with van der Waals surface area (Å²) in [5, 5.41) is 1.97. The number of furan rings is 1. The van der Waals surface area contributed by atoms with Gasteiger partial charge in [-0.1, -0.05) is 182 Å². The van der Waals surface area contributed by atoms with Crippen molar-refractivity contribution in [1.29, 1.82) is 0 Å². The molecule has 55 heavy (non-hydrogen) atoms. The van der Waals surface area contributed by atoms with Gasteiger partial charge in [0.1, 0.15) is 11.2 Å². The predicted octanol–water partition coefficient (Wildman–Crippen LogP) is 13.4. The number of hydrogen-bond acceptors (Lipinski definition) is 4. The van der Waals surface area contributed by atoms with Crippen LogP contribution in [0.2, 0.25) is 0 Å². The van der Waals surface area contributed by atoms with Crippen LogP contribution in [0, 0.1) is 0 Å². The Morgan fingerprint density at radius 1 is 0.273 bits per heavy atom. The molecule has 2 aromatic heterocycles. The predicted molar refractivity (Wildman–Crippen MR) is 225 cm³/mol. The van der Waals surface area contributed by atoms with Crippen molar-refractivity contribution in [3.8, 4) is 78.7 Å². The van der Waals surface area contributed by atoms with Gasteiger partial charge < -0.3 is 4.42 Å². The summed E-state index contributed by atoms with van der Waals surface area (Å²) in [4.78, 5) is 15.6. The second-order valence-corrected chi connectivity index (χ2v) is 13.6. The maximum absolute atomic E-state index is 6.96. The minimum Gasteiger partial charge on any atom is -0.455 e. The van der Waals surface area contributed by atoms with Gasteiger partial charge in [-0.2, -0.15) is 0 Å². The molecule has 0 atom stereocenters. The molecule has 0 N–H and O–H groups in total. The summed E-state index contributed by atoms with van der Waals surface area (Å²) in [7, 11) is 0. The molecule has 0 saturated carbocycles. The van der Waals surface area contributed by atoms with E-state index in [4.69, 9.17) is 19.4 Å². The van der Waals surface area contributed by atoms with E-state index < -0.39 is 0 Å². The Labute approximate surface area is 319 Å². The monoisotopic (exact) mass is 703 g/mol. The van der Waals surface area contributed by atoms with E-state index >= 15 is 0 Å². The lowest BCUT2D eigenvalue weighted by atomic mass is 9.96. The van der Waals surface area contributed by atoms with E-state index in [0.717, 1.165) is 83.1 Å². The van der Waals surface area contributed by atoms with E-state index in [1.54, 1.807) is 0 Å². The minimum absolute atomic E-state index is 0.578. The molecular formula is C51H33N3O. The highest BCUT2D eigenvalue weighted by molar-refractivity contribution is 6.18. The number of benzene rings is 8. The SMILES string of the molecule is c1ccc(-c2ccc(-c3nc(-c4cccc(-c5ccccc5)c4)nc(-c4ccc(-c5ccccc5)c5oc6c(-c7ccccc7)cccc6c45)n3)cc2)cc1. The van der Waals surface area contributed by atoms with E-state index in [2.05, 4.69) is 176 Å². The van der Waals surface area contributed by atoms with Gasteiger partial charge in [0.2, 0.25) is 0 Å². The first-order valence-electron chi connectivity index (χ1n) is 18.4. The maximum atomic E-state index is 6.96. The molecule has 0 bridgehead atoms. The molecule has 0 fully saturated rings. The summed E-state index contributed by atoms with van der Waals surface area (Å²) >= 11 is 0. The van der Waals surface area contributed by atoms with Gasteiger partial charge in [-0.05, 0) is 51.6 Å². The van der Waals surface area contributed by atoms with Gasteiger partial charge in [0.05, 0.1) is 0 Å². The third-order valence-corrected chi connectivity index (χ3v) is 10.2. The molecule has 0 aliphatic rings. The number of fused-ring (bicyclic) bond motifs is 3. The first-order chi connectivity index (χ1) is 27.3. The Morgan fingerprint density at radius 3 is 1.35 bits per heavy atom. The van der Waals surface area contributed by atoms with Crippen molar-refractivity contribution in [2.75, 3.05) is 0 Å². The Morgan fingerprint density at radius 2 is 0.709 bits per heavy atom. The molecule has 8 aromatic carbocycles. The maximum Gasteiger partial charge on any atom is 0.164 e. The molecule has 0 amide bonds. The van der Waals surface area contributed by atoms with Crippen LogP contribution < -0.4 is 0 Å². The molecule has 10 aromatic rings. The summed E-state index contributed by atoms with van der Waals surface area (Å²) in [6.45, 7) is 0. The summed E-state index contributed by atoms with van der Waals surface area (Å²) in [6.07, 6.45) is 0. The number of rotatable bonds is 7. The zero-order valence-corrected chi connectivity index (χ0v) is 29.8. The highest BCUT2D eigenvalue weighted by Gasteiger charge is 2.22. The van der Waals surface area contributed by atoms with Crippen LogP contribution in [0.5, 0.6) is 0 Å². The molecule has 0 aliphatic heterocycles.